The van der Waals surface area contributed by atoms with Crippen LogP contribution in [0.5, 0.6) is 0 Å². The summed E-state index contributed by atoms with van der Waals surface area (Å²) in [6.45, 7) is 29.6. The molecule has 0 aliphatic carbocycles. The van der Waals surface area contributed by atoms with Gasteiger partial charge in [-0.1, -0.05) is 69.2 Å². The number of hydrogen-bond acceptors (Lipinski definition) is 27. The topological polar surface area (TPSA) is 514 Å². The van der Waals surface area contributed by atoms with Gasteiger partial charge in [-0.05, 0) is 49.4 Å². The van der Waals surface area contributed by atoms with Gasteiger partial charge in [-0.25, -0.2) is 0 Å². The summed E-state index contributed by atoms with van der Waals surface area (Å²) in [5.74, 6) is -4.84. The normalized spacial score (nSPS) is 13.6. The molecule has 0 aromatic heterocycles. The van der Waals surface area contributed by atoms with Crippen molar-refractivity contribution in [1.29, 1.82) is 0 Å². The summed E-state index contributed by atoms with van der Waals surface area (Å²) in [4.78, 5) is 135. The number of nitrogens with zero attached hydrogens (tertiary/aromatic N) is 2. The van der Waals surface area contributed by atoms with Gasteiger partial charge < -0.3 is 129 Å². The fourth-order valence-electron chi connectivity index (χ4n) is 10.4. The quantitative estimate of drug-likeness (QED) is 0.0253. The first kappa shape index (κ1) is 103. The third kappa shape index (κ3) is 58.6. The molecule has 0 heterocycles. The van der Waals surface area contributed by atoms with Crippen LogP contribution in [-0.2, 0) is 85.8 Å². The van der Waals surface area contributed by atoms with Gasteiger partial charge in [0, 0.05) is 98.0 Å². The molecule has 0 unspecified atom stereocenters. The highest BCUT2D eigenvalue weighted by Gasteiger charge is 2.34. The van der Waals surface area contributed by atoms with E-state index in [1.807, 2.05) is 51.3 Å². The molecule has 0 radical (unpaired) electrons. The first-order valence-corrected chi connectivity index (χ1v) is 38.8. The van der Waals surface area contributed by atoms with E-state index < -0.39 is 78.4 Å². The van der Waals surface area contributed by atoms with E-state index >= 15 is 0 Å². The van der Waals surface area contributed by atoms with E-state index in [0.29, 0.717) is 138 Å². The minimum absolute atomic E-state index is 0.0108. The molecular formula is C72H143N17O20. The van der Waals surface area contributed by atoms with Crippen molar-refractivity contribution in [3.8, 4) is 0 Å². The maximum Gasteiger partial charge on any atom is 0.243 e. The zero-order chi connectivity index (χ0) is 81.6. The van der Waals surface area contributed by atoms with Gasteiger partial charge in [-0.2, -0.15) is 0 Å². The Balaban J connectivity index is 5.30. The molecule has 0 saturated heterocycles. The number of amides is 10. The second kappa shape index (κ2) is 66.6. The molecular weight excluding hydrogens is 1420 g/mol. The molecule has 0 aromatic carbocycles. The maximum absolute atomic E-state index is 13.8. The molecule has 0 rings (SSSR count). The van der Waals surface area contributed by atoms with E-state index in [0.717, 1.165) is 0 Å². The lowest BCUT2D eigenvalue weighted by molar-refractivity contribution is -0.134. The molecule has 0 aliphatic heterocycles. The first-order valence-electron chi connectivity index (χ1n) is 38.8. The molecule has 636 valence electrons. The summed E-state index contributed by atoms with van der Waals surface area (Å²) in [6, 6.07) is -4.83. The van der Waals surface area contributed by atoms with Crippen LogP contribution in [0.3, 0.4) is 0 Å². The van der Waals surface area contributed by atoms with Crippen molar-refractivity contribution in [2.45, 2.75) is 151 Å². The van der Waals surface area contributed by atoms with Crippen LogP contribution in [0.25, 0.3) is 0 Å². The summed E-state index contributed by atoms with van der Waals surface area (Å²) in [5, 5.41) is 56.6. The minimum atomic E-state index is -1.39. The molecule has 0 fully saturated rings. The van der Waals surface area contributed by atoms with Crippen LogP contribution in [0.4, 0.5) is 0 Å². The van der Waals surface area contributed by atoms with Crippen LogP contribution in [0.15, 0.2) is 0 Å². The number of carbonyl (C=O) groups is 10. The Kier molecular flexibility index (Phi) is 63.0. The summed E-state index contributed by atoms with van der Waals surface area (Å²) in [5.41, 5.74) is 16.4. The van der Waals surface area contributed by atoms with E-state index in [2.05, 4.69) is 63.8 Å². The zero-order valence-electron chi connectivity index (χ0n) is 67.4. The number of nitrogens with one attached hydrogen (secondary N) is 12. The van der Waals surface area contributed by atoms with Crippen molar-refractivity contribution in [2.24, 2.45) is 46.8 Å². The highest BCUT2D eigenvalue weighted by atomic mass is 16.5. The van der Waals surface area contributed by atoms with E-state index in [1.165, 1.54) is 6.92 Å². The van der Waals surface area contributed by atoms with Gasteiger partial charge in [0.2, 0.25) is 59.1 Å². The summed E-state index contributed by atoms with van der Waals surface area (Å²) in [6.07, 6.45) is -2.71. The van der Waals surface area contributed by atoms with Gasteiger partial charge in [0.05, 0.1) is 169 Å². The highest BCUT2D eigenvalue weighted by Crippen LogP contribution is 2.16. The Morgan fingerprint density at radius 3 is 0.982 bits per heavy atom. The molecule has 20 N–H and O–H groups in total. The fraction of sp³-hybridized carbons (Fsp3) is 0.861. The van der Waals surface area contributed by atoms with Crippen LogP contribution in [-0.4, -0.2) is 345 Å². The lowest BCUT2D eigenvalue weighted by Crippen LogP contribution is -2.59. The lowest BCUT2D eigenvalue weighted by Gasteiger charge is -2.31. The van der Waals surface area contributed by atoms with Gasteiger partial charge in [0.1, 0.15) is 18.1 Å². The number of ether oxygens (including phenoxy) is 8. The summed E-state index contributed by atoms with van der Waals surface area (Å²) >= 11 is 0. The molecule has 0 saturated carbocycles. The monoisotopic (exact) mass is 1570 g/mol. The van der Waals surface area contributed by atoms with Gasteiger partial charge in [0.25, 0.3) is 0 Å². The molecule has 10 amide bonds. The van der Waals surface area contributed by atoms with E-state index in [1.54, 1.807) is 27.7 Å². The van der Waals surface area contributed by atoms with Crippen molar-refractivity contribution < 1.29 is 96.1 Å². The third-order valence-electron chi connectivity index (χ3n) is 16.1. The smallest absolute Gasteiger partial charge is 0.243 e. The molecule has 0 bridgehead atoms. The maximum atomic E-state index is 13.8. The highest BCUT2D eigenvalue weighted by molar-refractivity contribution is 5.93. The van der Waals surface area contributed by atoms with Crippen molar-refractivity contribution >= 4 is 59.1 Å². The van der Waals surface area contributed by atoms with Crippen LogP contribution in [0, 0.1) is 29.6 Å². The average molecular weight is 1570 g/mol. The van der Waals surface area contributed by atoms with Crippen molar-refractivity contribution in [1.82, 2.24) is 73.6 Å². The fourth-order valence-corrected chi connectivity index (χ4v) is 10.4. The minimum Gasteiger partial charge on any atom is -0.390 e. The predicted octanol–water partition coefficient (Wildman–Crippen LogP) is -5.24. The largest absolute Gasteiger partial charge is 0.390 e. The van der Waals surface area contributed by atoms with E-state index in [-0.39, 0.29) is 170 Å². The Labute approximate surface area is 647 Å². The zero-order valence-corrected chi connectivity index (χ0v) is 67.4. The number of hydrogen-bond donors (Lipinski definition) is 17. The molecule has 0 spiro atoms. The van der Waals surface area contributed by atoms with Crippen molar-refractivity contribution in [3.63, 3.8) is 0 Å². The molecule has 109 heavy (non-hydrogen) atoms. The lowest BCUT2D eigenvalue weighted by atomic mass is 9.95. The SMILES string of the molecule is CC(C)CC(=O)N[C@H](C(=O)N[C@H](C(=O)N[C@@H](CC(C)C)[C@@H](O)CC(=O)N[C@@H](C)C(=O)N[C@@H](CC(C)C)[C@@H](O)CC(=O)NCCOCCOCCNC(=O)CNCCN(CCN(CCNCC(=O)NCCOCCOCCN)CC(=O)NCCOCCOCCN)CC(=O)NCCOCCOCCN)C(C)C)C(C)C. The van der Waals surface area contributed by atoms with Gasteiger partial charge in [0.15, 0.2) is 0 Å². The van der Waals surface area contributed by atoms with Crippen LogP contribution < -0.4 is 81.0 Å². The Morgan fingerprint density at radius 2 is 0.633 bits per heavy atom. The van der Waals surface area contributed by atoms with E-state index in [4.69, 9.17) is 55.1 Å². The van der Waals surface area contributed by atoms with Crippen LogP contribution in [0.1, 0.15) is 108 Å². The van der Waals surface area contributed by atoms with Crippen LogP contribution in [0.2, 0.25) is 0 Å². The molecule has 7 atom stereocenters. The van der Waals surface area contributed by atoms with Gasteiger partial charge >= 0.3 is 0 Å². The molecule has 37 nitrogen and oxygen atoms in total. The molecule has 0 aliphatic rings. The standard InChI is InChI=1S/C72H143N17O20/c1-51(2)42-57(84-70(99)56(11)83-63(94)46-60(91)58(43-52(3)4)85-71(100)69(55(9)10)87-72(101)68(54(7)8)86-62(93)44-53(5)6)59(90)45-61(92)78-17-29-105-40-41-107-31-19-80-65(96)48-77-16-23-89(50-67(98)82-21-33-109-39-36-104-28-14-75)25-24-88(49-66(97)81-20-32-108-38-35-103-27-13-74)22-15-76-47-64(95)79-18-30-106-37-34-102-26-12-73/h51-60,68-69,76-77,90-91H,12-50,73-75H2,1-11H3,(H,78,92)(H,79,95)(H,80,96)(H,81,97)(H,82,98)(H,83,94)(H,84,99)(H,85,100)(H,86,93)(H,87,101)/t56-,57-,58-,59-,60-,68-,69-/m0/s1. The number of nitrogens with two attached hydrogens (primary N) is 3. The molecule has 0 aromatic rings. The van der Waals surface area contributed by atoms with Gasteiger partial charge in [-0.15, -0.1) is 0 Å². The average Bonchev–Trinajstić information content (AvgIpc) is 0.852. The molecule has 37 heteroatoms. The number of aliphatic hydroxyl groups is 2. The van der Waals surface area contributed by atoms with Crippen molar-refractivity contribution in [3.05, 3.63) is 0 Å². The first-order chi connectivity index (χ1) is 52.0. The van der Waals surface area contributed by atoms with Crippen LogP contribution >= 0.6 is 0 Å². The summed E-state index contributed by atoms with van der Waals surface area (Å²) in [7, 11) is 0. The Morgan fingerprint density at radius 1 is 0.321 bits per heavy atom. The van der Waals surface area contributed by atoms with Gasteiger partial charge in [-0.3, -0.25) is 57.7 Å². The Hall–Kier alpha value is -5.98. The second-order valence-corrected chi connectivity index (χ2v) is 28.4. The third-order valence-corrected chi connectivity index (χ3v) is 16.1. The number of carbonyl (C=O) groups excluding carboxylic acids is 10. The van der Waals surface area contributed by atoms with E-state index in [9.17, 15) is 58.2 Å². The Bertz CT molecular complexity index is 2450. The summed E-state index contributed by atoms with van der Waals surface area (Å²) < 4.78 is 43.7. The second-order valence-electron chi connectivity index (χ2n) is 28.4. The number of rotatable bonds is 72. The number of aliphatic hydroxyl groups excluding tert-OH is 2. The predicted molar refractivity (Wildman–Crippen MR) is 412 cm³/mol. The van der Waals surface area contributed by atoms with Crippen molar-refractivity contribution in [2.75, 3.05) is 224 Å².